The standard InChI is InChI=1S/C20H29N5OS.HI/c1-4-21-19(22-13-10-17-24-18(15(2)3)25-26-17)23-14-20(11-12-20)27-16-8-6-5-7-9-16;/h5-9,15H,4,10-14H2,1-3H3,(H2,21,22,23);1H. The number of nitrogens with one attached hydrogen (secondary N) is 2. The van der Waals surface area contributed by atoms with Gasteiger partial charge in [0.1, 0.15) is 0 Å². The van der Waals surface area contributed by atoms with Gasteiger partial charge in [0.2, 0.25) is 5.89 Å². The molecule has 28 heavy (non-hydrogen) atoms. The maximum Gasteiger partial charge on any atom is 0.228 e. The van der Waals surface area contributed by atoms with Gasteiger partial charge in [-0.15, -0.1) is 35.7 Å². The molecule has 2 N–H and O–H groups in total. The van der Waals surface area contributed by atoms with Crippen LogP contribution in [0.25, 0.3) is 0 Å². The number of rotatable bonds is 9. The summed E-state index contributed by atoms with van der Waals surface area (Å²) in [5.74, 6) is 2.56. The molecule has 2 aromatic rings. The minimum atomic E-state index is 0. The van der Waals surface area contributed by atoms with Gasteiger partial charge in [-0.3, -0.25) is 4.99 Å². The van der Waals surface area contributed by atoms with E-state index >= 15 is 0 Å². The van der Waals surface area contributed by atoms with Gasteiger partial charge in [0.25, 0.3) is 0 Å². The third-order valence-electron chi connectivity index (χ3n) is 4.39. The van der Waals surface area contributed by atoms with E-state index in [0.29, 0.717) is 18.9 Å². The lowest BCUT2D eigenvalue weighted by molar-refractivity contribution is 0.371. The number of benzene rings is 1. The van der Waals surface area contributed by atoms with Crippen molar-refractivity contribution in [3.63, 3.8) is 0 Å². The first-order chi connectivity index (χ1) is 13.1. The Morgan fingerprint density at radius 1 is 1.25 bits per heavy atom. The van der Waals surface area contributed by atoms with Crippen molar-refractivity contribution < 1.29 is 4.52 Å². The SMILES string of the molecule is CCNC(=NCC1(Sc2ccccc2)CC1)NCCc1nc(C(C)C)no1.I. The minimum absolute atomic E-state index is 0. The molecule has 0 radical (unpaired) electrons. The van der Waals surface area contributed by atoms with Gasteiger partial charge in [-0.1, -0.05) is 37.2 Å². The summed E-state index contributed by atoms with van der Waals surface area (Å²) < 4.78 is 5.55. The first-order valence-electron chi connectivity index (χ1n) is 9.69. The van der Waals surface area contributed by atoms with E-state index in [2.05, 4.69) is 71.9 Å². The normalized spacial score (nSPS) is 15.2. The molecule has 3 rings (SSSR count). The average Bonchev–Trinajstić information content (AvgIpc) is 3.25. The molecule has 0 saturated heterocycles. The summed E-state index contributed by atoms with van der Waals surface area (Å²) in [6.45, 7) is 8.57. The lowest BCUT2D eigenvalue weighted by Crippen LogP contribution is -2.39. The molecular weight excluding hydrogens is 485 g/mol. The molecule has 1 aromatic carbocycles. The number of halogens is 1. The van der Waals surface area contributed by atoms with Crippen LogP contribution in [-0.2, 0) is 6.42 Å². The third-order valence-corrected chi connectivity index (χ3v) is 5.86. The van der Waals surface area contributed by atoms with E-state index in [1.54, 1.807) is 0 Å². The van der Waals surface area contributed by atoms with Crippen LogP contribution >= 0.6 is 35.7 Å². The van der Waals surface area contributed by atoms with E-state index in [9.17, 15) is 0 Å². The number of aliphatic imine (C=N–C) groups is 1. The Balaban J connectivity index is 0.00000280. The van der Waals surface area contributed by atoms with Crippen LogP contribution in [0.3, 0.4) is 0 Å². The van der Waals surface area contributed by atoms with Gasteiger partial charge >= 0.3 is 0 Å². The van der Waals surface area contributed by atoms with Crippen molar-refractivity contribution in [2.45, 2.75) is 55.6 Å². The highest BCUT2D eigenvalue weighted by Gasteiger charge is 2.43. The summed E-state index contributed by atoms with van der Waals surface area (Å²) in [7, 11) is 0. The smallest absolute Gasteiger partial charge is 0.228 e. The van der Waals surface area contributed by atoms with Crippen molar-refractivity contribution in [2.24, 2.45) is 4.99 Å². The maximum absolute atomic E-state index is 5.29. The summed E-state index contributed by atoms with van der Waals surface area (Å²) >= 11 is 1.95. The Kier molecular flexibility index (Phi) is 9.07. The fraction of sp³-hybridized carbons (Fsp3) is 0.550. The summed E-state index contributed by atoms with van der Waals surface area (Å²) in [4.78, 5) is 10.5. The zero-order valence-corrected chi connectivity index (χ0v) is 19.9. The van der Waals surface area contributed by atoms with Crippen LogP contribution in [0.1, 0.15) is 51.2 Å². The van der Waals surface area contributed by atoms with E-state index in [4.69, 9.17) is 9.52 Å². The van der Waals surface area contributed by atoms with Crippen LogP contribution in [0, 0.1) is 0 Å². The second-order valence-corrected chi connectivity index (χ2v) is 8.71. The lowest BCUT2D eigenvalue weighted by Gasteiger charge is -2.15. The molecule has 0 bridgehead atoms. The van der Waals surface area contributed by atoms with Gasteiger partial charge in [0.05, 0.1) is 6.54 Å². The molecule has 6 nitrogen and oxygen atoms in total. The maximum atomic E-state index is 5.29. The number of hydrogen-bond acceptors (Lipinski definition) is 5. The molecule has 1 aliphatic rings. The largest absolute Gasteiger partial charge is 0.357 e. The lowest BCUT2D eigenvalue weighted by atomic mass is 10.2. The van der Waals surface area contributed by atoms with Crippen molar-refractivity contribution in [2.75, 3.05) is 19.6 Å². The molecule has 1 saturated carbocycles. The second kappa shape index (κ2) is 11.0. The first kappa shape index (κ1) is 23.0. The highest BCUT2D eigenvalue weighted by molar-refractivity contribution is 14.0. The van der Waals surface area contributed by atoms with Crippen LogP contribution in [0.4, 0.5) is 0 Å². The van der Waals surface area contributed by atoms with Gasteiger partial charge in [-0.05, 0) is 31.9 Å². The molecule has 1 aliphatic carbocycles. The van der Waals surface area contributed by atoms with Crippen LogP contribution in [0.2, 0.25) is 0 Å². The Morgan fingerprint density at radius 3 is 2.61 bits per heavy atom. The number of aromatic nitrogens is 2. The van der Waals surface area contributed by atoms with Crippen molar-refractivity contribution in [3.8, 4) is 0 Å². The van der Waals surface area contributed by atoms with Gasteiger partial charge < -0.3 is 15.2 Å². The van der Waals surface area contributed by atoms with Gasteiger partial charge in [0, 0.05) is 35.1 Å². The summed E-state index contributed by atoms with van der Waals surface area (Å²) in [6.07, 6.45) is 3.12. The van der Waals surface area contributed by atoms with E-state index in [0.717, 1.165) is 24.9 Å². The molecule has 154 valence electrons. The Hall–Kier alpha value is -1.29. The molecule has 1 aromatic heterocycles. The molecule has 8 heteroatoms. The van der Waals surface area contributed by atoms with E-state index in [-0.39, 0.29) is 34.6 Å². The van der Waals surface area contributed by atoms with Crippen LogP contribution in [0.15, 0.2) is 44.7 Å². The average molecular weight is 515 g/mol. The molecule has 1 heterocycles. The molecule has 0 spiro atoms. The van der Waals surface area contributed by atoms with Crippen LogP contribution in [-0.4, -0.2) is 40.5 Å². The number of nitrogens with zero attached hydrogens (tertiary/aromatic N) is 3. The predicted octanol–water partition coefficient (Wildman–Crippen LogP) is 4.23. The van der Waals surface area contributed by atoms with E-state index in [1.807, 2.05) is 11.8 Å². The van der Waals surface area contributed by atoms with E-state index in [1.165, 1.54) is 17.7 Å². The number of thioether (sulfide) groups is 1. The highest BCUT2D eigenvalue weighted by atomic mass is 127. The Morgan fingerprint density at radius 2 is 2.00 bits per heavy atom. The van der Waals surface area contributed by atoms with Crippen molar-refractivity contribution in [3.05, 3.63) is 42.0 Å². The van der Waals surface area contributed by atoms with Crippen molar-refractivity contribution >= 4 is 41.7 Å². The molecule has 0 unspecified atom stereocenters. The van der Waals surface area contributed by atoms with Gasteiger partial charge in [0.15, 0.2) is 11.8 Å². The Labute approximate surface area is 188 Å². The number of guanidine groups is 1. The van der Waals surface area contributed by atoms with E-state index < -0.39 is 0 Å². The summed E-state index contributed by atoms with van der Waals surface area (Å²) in [6, 6.07) is 10.6. The van der Waals surface area contributed by atoms with Crippen molar-refractivity contribution in [1.82, 2.24) is 20.8 Å². The van der Waals surface area contributed by atoms with Crippen LogP contribution < -0.4 is 10.6 Å². The molecular formula is C20H30IN5OS. The zero-order chi connectivity index (χ0) is 19.1. The third kappa shape index (κ3) is 6.95. The topological polar surface area (TPSA) is 75.3 Å². The molecule has 1 fully saturated rings. The predicted molar refractivity (Wildman–Crippen MR) is 126 cm³/mol. The fourth-order valence-corrected chi connectivity index (χ4v) is 3.86. The highest BCUT2D eigenvalue weighted by Crippen LogP contribution is 2.51. The zero-order valence-electron chi connectivity index (χ0n) is 16.8. The molecule has 0 amide bonds. The van der Waals surface area contributed by atoms with Gasteiger partial charge in [-0.25, -0.2) is 0 Å². The van der Waals surface area contributed by atoms with Crippen molar-refractivity contribution in [1.29, 1.82) is 0 Å². The second-order valence-electron chi connectivity index (χ2n) is 7.17. The minimum Gasteiger partial charge on any atom is -0.357 e. The summed E-state index contributed by atoms with van der Waals surface area (Å²) in [5, 5.41) is 10.7. The first-order valence-corrected chi connectivity index (χ1v) is 10.5. The molecule has 0 atom stereocenters. The van der Waals surface area contributed by atoms with Crippen LogP contribution in [0.5, 0.6) is 0 Å². The number of hydrogen-bond donors (Lipinski definition) is 2. The Bertz CT molecular complexity index is 746. The van der Waals surface area contributed by atoms with Gasteiger partial charge in [-0.2, -0.15) is 4.98 Å². The summed E-state index contributed by atoms with van der Waals surface area (Å²) in [5.41, 5.74) is 0. The quantitative estimate of drug-likeness (QED) is 0.296. The molecule has 0 aliphatic heterocycles. The fourth-order valence-electron chi connectivity index (χ4n) is 2.63. The monoisotopic (exact) mass is 515 g/mol.